The van der Waals surface area contributed by atoms with Crippen LogP contribution >= 0.6 is 11.6 Å². The minimum atomic E-state index is -3.89. The van der Waals surface area contributed by atoms with E-state index in [1.165, 1.54) is 4.90 Å². The molecule has 0 saturated heterocycles. The predicted octanol–water partition coefficient (Wildman–Crippen LogP) is 6.06. The van der Waals surface area contributed by atoms with Gasteiger partial charge in [0.15, 0.2) is 0 Å². The van der Waals surface area contributed by atoms with Crippen LogP contribution in [0.2, 0.25) is 5.02 Å². The second-order valence-electron chi connectivity index (χ2n) is 10.7. The van der Waals surface area contributed by atoms with Gasteiger partial charge in [0.2, 0.25) is 21.8 Å². The molecule has 0 aromatic heterocycles. The molecule has 44 heavy (non-hydrogen) atoms. The molecular weight excluding hydrogens is 598 g/mol. The zero-order valence-electron chi connectivity index (χ0n) is 24.9. The molecule has 0 saturated carbocycles. The fourth-order valence-corrected chi connectivity index (χ4v) is 5.62. The van der Waals surface area contributed by atoms with E-state index < -0.39 is 28.5 Å². The Morgan fingerprint density at radius 2 is 1.36 bits per heavy atom. The minimum Gasteiger partial charge on any atom is -0.457 e. The Balaban J connectivity index is 1.67. The number of nitrogens with one attached hydrogen (secondary N) is 1. The van der Waals surface area contributed by atoms with Gasteiger partial charge in [0, 0.05) is 24.0 Å². The summed E-state index contributed by atoms with van der Waals surface area (Å²) in [5, 5.41) is 3.47. The summed E-state index contributed by atoms with van der Waals surface area (Å²) in [6, 6.07) is 31.0. The van der Waals surface area contributed by atoms with Crippen molar-refractivity contribution in [3.05, 3.63) is 125 Å². The Morgan fingerprint density at radius 3 is 1.93 bits per heavy atom. The normalized spacial score (nSPS) is 11.9. The average Bonchev–Trinajstić information content (AvgIpc) is 2.99. The largest absolute Gasteiger partial charge is 0.457 e. The Morgan fingerprint density at radius 1 is 0.795 bits per heavy atom. The molecule has 10 heteroatoms. The summed E-state index contributed by atoms with van der Waals surface area (Å²) in [7, 11) is -3.89. The number of hydrogen-bond donors (Lipinski definition) is 1. The molecule has 2 amide bonds. The number of carbonyl (C=O) groups is 2. The topological polar surface area (TPSA) is 96.0 Å². The van der Waals surface area contributed by atoms with Gasteiger partial charge < -0.3 is 15.0 Å². The third-order valence-corrected chi connectivity index (χ3v) is 8.14. The molecule has 4 aromatic rings. The first-order chi connectivity index (χ1) is 21.0. The molecular formula is C34H36ClN3O5S. The molecule has 0 aliphatic heterocycles. The fraction of sp³-hybridized carbons (Fsp3) is 0.235. The second kappa shape index (κ2) is 14.9. The predicted molar refractivity (Wildman–Crippen MR) is 174 cm³/mol. The van der Waals surface area contributed by atoms with Gasteiger partial charge >= 0.3 is 0 Å². The van der Waals surface area contributed by atoms with E-state index in [0.717, 1.165) is 21.7 Å². The van der Waals surface area contributed by atoms with E-state index in [-0.39, 0.29) is 24.9 Å². The van der Waals surface area contributed by atoms with Crippen LogP contribution in [0, 0.1) is 0 Å². The van der Waals surface area contributed by atoms with Crippen LogP contribution in [0.3, 0.4) is 0 Å². The van der Waals surface area contributed by atoms with Gasteiger partial charge in [-0.1, -0.05) is 72.3 Å². The molecule has 0 radical (unpaired) electrons. The van der Waals surface area contributed by atoms with Gasteiger partial charge in [-0.3, -0.25) is 13.9 Å². The number of amides is 2. The Hall–Kier alpha value is -4.34. The number of ether oxygens (including phenoxy) is 1. The highest BCUT2D eigenvalue weighted by molar-refractivity contribution is 7.92. The standard InChI is InChI=1S/C34H36ClN3O5S/c1-25(2)36-34(40)32(22-26-10-6-4-7-11-26)37(23-27-14-16-28(35)17-15-27)33(39)24-38(44(3,41)42)29-18-20-31(21-19-29)43-30-12-8-5-9-13-30/h4-21,25,32H,22-24H2,1-3H3,(H,36,40). The summed E-state index contributed by atoms with van der Waals surface area (Å²) in [5.41, 5.74) is 1.89. The van der Waals surface area contributed by atoms with Crippen molar-refractivity contribution in [3.63, 3.8) is 0 Å². The summed E-state index contributed by atoms with van der Waals surface area (Å²) >= 11 is 6.10. The van der Waals surface area contributed by atoms with Crippen molar-refractivity contribution < 1.29 is 22.7 Å². The summed E-state index contributed by atoms with van der Waals surface area (Å²) < 4.78 is 32.9. The average molecular weight is 634 g/mol. The number of benzene rings is 4. The van der Waals surface area contributed by atoms with Crippen LogP contribution in [0.5, 0.6) is 11.5 Å². The SMILES string of the molecule is CC(C)NC(=O)C(Cc1ccccc1)N(Cc1ccc(Cl)cc1)C(=O)CN(c1ccc(Oc2ccccc2)cc1)S(C)(=O)=O. The lowest BCUT2D eigenvalue weighted by molar-refractivity contribution is -0.140. The molecule has 0 spiro atoms. The Kier molecular flexibility index (Phi) is 11.0. The maximum atomic E-state index is 14.2. The molecule has 0 bridgehead atoms. The van der Waals surface area contributed by atoms with Crippen molar-refractivity contribution in [3.8, 4) is 11.5 Å². The molecule has 8 nitrogen and oxygen atoms in total. The van der Waals surface area contributed by atoms with Crippen LogP contribution in [-0.2, 0) is 32.6 Å². The number of anilines is 1. The van der Waals surface area contributed by atoms with Crippen LogP contribution < -0.4 is 14.4 Å². The number of carbonyl (C=O) groups excluding carboxylic acids is 2. The first kappa shape index (κ1) is 32.6. The highest BCUT2D eigenvalue weighted by Gasteiger charge is 2.33. The zero-order valence-corrected chi connectivity index (χ0v) is 26.5. The quantitative estimate of drug-likeness (QED) is 0.193. The van der Waals surface area contributed by atoms with E-state index in [9.17, 15) is 18.0 Å². The van der Waals surface area contributed by atoms with Crippen molar-refractivity contribution >= 4 is 39.1 Å². The zero-order chi connectivity index (χ0) is 31.7. The summed E-state index contributed by atoms with van der Waals surface area (Å²) in [6.07, 6.45) is 1.29. The number of hydrogen-bond acceptors (Lipinski definition) is 5. The van der Waals surface area contributed by atoms with Crippen LogP contribution in [0.25, 0.3) is 0 Å². The van der Waals surface area contributed by atoms with Crippen molar-refractivity contribution in [2.24, 2.45) is 0 Å². The molecule has 1 unspecified atom stereocenters. The van der Waals surface area contributed by atoms with Gasteiger partial charge in [-0.25, -0.2) is 8.42 Å². The maximum absolute atomic E-state index is 14.2. The maximum Gasteiger partial charge on any atom is 0.244 e. The molecule has 0 aliphatic rings. The number of rotatable bonds is 13. The van der Waals surface area contributed by atoms with Gasteiger partial charge in [0.25, 0.3) is 0 Å². The van der Waals surface area contributed by atoms with Crippen molar-refractivity contribution in [2.75, 3.05) is 17.1 Å². The minimum absolute atomic E-state index is 0.0699. The number of para-hydroxylation sites is 1. The molecule has 4 rings (SSSR count). The van der Waals surface area contributed by atoms with Crippen LogP contribution in [0.4, 0.5) is 5.69 Å². The molecule has 1 atom stereocenters. The monoisotopic (exact) mass is 633 g/mol. The van der Waals surface area contributed by atoms with Gasteiger partial charge in [0.05, 0.1) is 11.9 Å². The van der Waals surface area contributed by atoms with E-state index >= 15 is 0 Å². The highest BCUT2D eigenvalue weighted by Crippen LogP contribution is 2.26. The summed E-state index contributed by atoms with van der Waals surface area (Å²) in [5.74, 6) is 0.282. The third kappa shape index (κ3) is 9.33. The summed E-state index contributed by atoms with van der Waals surface area (Å²) in [6.45, 7) is 3.25. The summed E-state index contributed by atoms with van der Waals surface area (Å²) in [4.78, 5) is 29.2. The van der Waals surface area contributed by atoms with Crippen molar-refractivity contribution in [1.82, 2.24) is 10.2 Å². The molecule has 4 aromatic carbocycles. The molecule has 230 valence electrons. The lowest BCUT2D eigenvalue weighted by atomic mass is 10.0. The molecule has 0 heterocycles. The lowest BCUT2D eigenvalue weighted by Gasteiger charge is -2.34. The number of sulfonamides is 1. The third-order valence-electron chi connectivity index (χ3n) is 6.75. The molecule has 0 fully saturated rings. The van der Waals surface area contributed by atoms with E-state index in [0.29, 0.717) is 22.2 Å². The molecule has 1 N–H and O–H groups in total. The second-order valence-corrected chi connectivity index (χ2v) is 13.0. The van der Waals surface area contributed by atoms with Crippen LogP contribution in [0.1, 0.15) is 25.0 Å². The number of halogens is 1. The highest BCUT2D eigenvalue weighted by atomic mass is 35.5. The van der Waals surface area contributed by atoms with Crippen LogP contribution in [0.15, 0.2) is 109 Å². The van der Waals surface area contributed by atoms with E-state index in [2.05, 4.69) is 5.32 Å². The van der Waals surface area contributed by atoms with E-state index in [1.54, 1.807) is 48.5 Å². The smallest absolute Gasteiger partial charge is 0.244 e. The van der Waals surface area contributed by atoms with Crippen molar-refractivity contribution in [2.45, 2.75) is 38.9 Å². The van der Waals surface area contributed by atoms with Gasteiger partial charge in [-0.15, -0.1) is 0 Å². The van der Waals surface area contributed by atoms with Gasteiger partial charge in [-0.05, 0) is 73.5 Å². The van der Waals surface area contributed by atoms with E-state index in [4.69, 9.17) is 16.3 Å². The first-order valence-corrected chi connectivity index (χ1v) is 16.4. The van der Waals surface area contributed by atoms with Gasteiger partial charge in [0.1, 0.15) is 24.1 Å². The lowest BCUT2D eigenvalue weighted by Crippen LogP contribution is -2.54. The van der Waals surface area contributed by atoms with Crippen LogP contribution in [-0.4, -0.2) is 50.0 Å². The number of nitrogens with zero attached hydrogens (tertiary/aromatic N) is 2. The van der Waals surface area contributed by atoms with Crippen molar-refractivity contribution in [1.29, 1.82) is 0 Å². The first-order valence-electron chi connectivity index (χ1n) is 14.2. The fourth-order valence-electron chi connectivity index (χ4n) is 4.64. The Bertz CT molecular complexity index is 1630. The Labute approximate surface area is 264 Å². The molecule has 0 aliphatic carbocycles. The van der Waals surface area contributed by atoms with E-state index in [1.807, 2.05) is 74.5 Å². The van der Waals surface area contributed by atoms with Gasteiger partial charge in [-0.2, -0.15) is 0 Å².